The summed E-state index contributed by atoms with van der Waals surface area (Å²) in [6.07, 6.45) is 4.09. The maximum atomic E-state index is 12.0. The Balaban J connectivity index is 2.15. The van der Waals surface area contributed by atoms with Crippen LogP contribution >= 0.6 is 0 Å². The SMILES string of the molecule is CCC(C)C(=O)NC1CCCc2cc(N)ccc21. The number of aryl methyl sites for hydroxylation is 1. The fourth-order valence-electron chi connectivity index (χ4n) is 2.48. The Bertz CT molecular complexity index is 442. The molecule has 98 valence electrons. The van der Waals surface area contributed by atoms with Gasteiger partial charge in [-0.25, -0.2) is 0 Å². The number of rotatable bonds is 3. The second-order valence-corrected chi connectivity index (χ2v) is 5.22. The molecule has 18 heavy (non-hydrogen) atoms. The molecular formula is C15H22N2O. The number of amides is 1. The number of carbonyl (C=O) groups is 1. The summed E-state index contributed by atoms with van der Waals surface area (Å²) in [5.41, 5.74) is 9.15. The van der Waals surface area contributed by atoms with E-state index in [-0.39, 0.29) is 17.9 Å². The van der Waals surface area contributed by atoms with Crippen molar-refractivity contribution in [3.05, 3.63) is 29.3 Å². The van der Waals surface area contributed by atoms with Crippen molar-refractivity contribution in [1.82, 2.24) is 5.32 Å². The van der Waals surface area contributed by atoms with E-state index in [9.17, 15) is 4.79 Å². The number of benzene rings is 1. The highest BCUT2D eigenvalue weighted by Gasteiger charge is 2.23. The lowest BCUT2D eigenvalue weighted by atomic mass is 9.87. The summed E-state index contributed by atoms with van der Waals surface area (Å²) < 4.78 is 0. The van der Waals surface area contributed by atoms with Crippen LogP contribution in [0.2, 0.25) is 0 Å². The van der Waals surface area contributed by atoms with Crippen LogP contribution in [-0.4, -0.2) is 5.91 Å². The standard InChI is InChI=1S/C15H22N2O/c1-3-10(2)15(18)17-14-6-4-5-11-9-12(16)7-8-13(11)14/h7-10,14H,3-6,16H2,1-2H3,(H,17,18). The van der Waals surface area contributed by atoms with E-state index in [4.69, 9.17) is 5.73 Å². The largest absolute Gasteiger partial charge is 0.399 e. The lowest BCUT2D eigenvalue weighted by Crippen LogP contribution is -2.34. The summed E-state index contributed by atoms with van der Waals surface area (Å²) in [6, 6.07) is 6.19. The number of nitrogen functional groups attached to an aromatic ring is 1. The molecule has 3 N–H and O–H groups in total. The molecule has 3 nitrogen and oxygen atoms in total. The molecule has 0 spiro atoms. The molecule has 0 fully saturated rings. The number of fused-ring (bicyclic) bond motifs is 1. The van der Waals surface area contributed by atoms with Crippen LogP contribution in [0.1, 0.15) is 50.3 Å². The third kappa shape index (κ3) is 2.66. The molecule has 1 aromatic rings. The smallest absolute Gasteiger partial charge is 0.223 e. The molecule has 2 rings (SSSR count). The summed E-state index contributed by atoms with van der Waals surface area (Å²) in [6.45, 7) is 4.02. The van der Waals surface area contributed by atoms with Gasteiger partial charge in [0.1, 0.15) is 0 Å². The number of hydrogen-bond acceptors (Lipinski definition) is 2. The van der Waals surface area contributed by atoms with Gasteiger partial charge in [0.05, 0.1) is 6.04 Å². The van der Waals surface area contributed by atoms with Gasteiger partial charge >= 0.3 is 0 Å². The number of nitrogens with two attached hydrogens (primary N) is 1. The highest BCUT2D eigenvalue weighted by Crippen LogP contribution is 2.31. The third-order valence-corrected chi connectivity index (χ3v) is 3.86. The van der Waals surface area contributed by atoms with E-state index in [0.29, 0.717) is 0 Å². The van der Waals surface area contributed by atoms with Crippen molar-refractivity contribution in [2.75, 3.05) is 5.73 Å². The Morgan fingerprint density at radius 2 is 2.33 bits per heavy atom. The monoisotopic (exact) mass is 246 g/mol. The molecule has 1 aliphatic rings. The average molecular weight is 246 g/mol. The first-order chi connectivity index (χ1) is 8.61. The van der Waals surface area contributed by atoms with E-state index in [1.165, 1.54) is 11.1 Å². The minimum Gasteiger partial charge on any atom is -0.399 e. The van der Waals surface area contributed by atoms with Gasteiger partial charge in [-0.05, 0) is 48.9 Å². The van der Waals surface area contributed by atoms with E-state index in [0.717, 1.165) is 31.4 Å². The Kier molecular flexibility index (Phi) is 3.90. The van der Waals surface area contributed by atoms with Crippen LogP contribution in [0.3, 0.4) is 0 Å². The molecule has 2 unspecified atom stereocenters. The van der Waals surface area contributed by atoms with E-state index >= 15 is 0 Å². The topological polar surface area (TPSA) is 55.1 Å². The van der Waals surface area contributed by atoms with Crippen LogP contribution in [0.5, 0.6) is 0 Å². The van der Waals surface area contributed by atoms with Gasteiger partial charge in [0, 0.05) is 11.6 Å². The number of anilines is 1. The van der Waals surface area contributed by atoms with Gasteiger partial charge in [-0.2, -0.15) is 0 Å². The van der Waals surface area contributed by atoms with Crippen LogP contribution < -0.4 is 11.1 Å². The van der Waals surface area contributed by atoms with Gasteiger partial charge in [0.15, 0.2) is 0 Å². The highest BCUT2D eigenvalue weighted by atomic mass is 16.1. The molecule has 0 radical (unpaired) electrons. The minimum atomic E-state index is 0.0872. The molecule has 1 amide bonds. The number of nitrogens with one attached hydrogen (secondary N) is 1. The normalized spacial score (nSPS) is 20.0. The fraction of sp³-hybridized carbons (Fsp3) is 0.533. The van der Waals surface area contributed by atoms with Crippen LogP contribution in [0.25, 0.3) is 0 Å². The predicted molar refractivity (Wildman–Crippen MR) is 74.1 cm³/mol. The van der Waals surface area contributed by atoms with Crippen molar-refractivity contribution in [1.29, 1.82) is 0 Å². The second-order valence-electron chi connectivity index (χ2n) is 5.22. The molecule has 0 aliphatic heterocycles. The molecule has 3 heteroatoms. The average Bonchev–Trinajstić information content (AvgIpc) is 2.37. The van der Waals surface area contributed by atoms with E-state index < -0.39 is 0 Å². The van der Waals surface area contributed by atoms with Gasteiger partial charge in [0.2, 0.25) is 5.91 Å². The van der Waals surface area contributed by atoms with E-state index in [1.807, 2.05) is 26.0 Å². The Morgan fingerprint density at radius 3 is 3.06 bits per heavy atom. The summed E-state index contributed by atoms with van der Waals surface area (Å²) in [5, 5.41) is 3.17. The first-order valence-corrected chi connectivity index (χ1v) is 6.80. The summed E-state index contributed by atoms with van der Waals surface area (Å²) in [5.74, 6) is 0.247. The molecule has 2 atom stereocenters. The Hall–Kier alpha value is -1.51. The quantitative estimate of drug-likeness (QED) is 0.806. The summed E-state index contributed by atoms with van der Waals surface area (Å²) in [4.78, 5) is 12.0. The molecule has 0 saturated carbocycles. The predicted octanol–water partition coefficient (Wildman–Crippen LogP) is 2.81. The van der Waals surface area contributed by atoms with Crippen molar-refractivity contribution in [3.8, 4) is 0 Å². The maximum absolute atomic E-state index is 12.0. The zero-order valence-corrected chi connectivity index (χ0v) is 11.2. The van der Waals surface area contributed by atoms with Crippen LogP contribution in [0, 0.1) is 5.92 Å². The Labute approximate surface area is 109 Å². The summed E-state index contributed by atoms with van der Waals surface area (Å²) >= 11 is 0. The lowest BCUT2D eigenvalue weighted by molar-refractivity contribution is -0.125. The van der Waals surface area contributed by atoms with Crippen LogP contribution in [0.15, 0.2) is 18.2 Å². The van der Waals surface area contributed by atoms with Crippen molar-refractivity contribution in [3.63, 3.8) is 0 Å². The molecule has 0 saturated heterocycles. The van der Waals surface area contributed by atoms with Gasteiger partial charge in [-0.3, -0.25) is 4.79 Å². The van der Waals surface area contributed by atoms with Gasteiger partial charge in [0.25, 0.3) is 0 Å². The molecule has 1 aromatic carbocycles. The van der Waals surface area contributed by atoms with Gasteiger partial charge in [-0.1, -0.05) is 19.9 Å². The zero-order chi connectivity index (χ0) is 13.1. The Morgan fingerprint density at radius 1 is 1.56 bits per heavy atom. The molecule has 0 heterocycles. The fourth-order valence-corrected chi connectivity index (χ4v) is 2.48. The molecule has 0 aromatic heterocycles. The van der Waals surface area contributed by atoms with Crippen molar-refractivity contribution >= 4 is 11.6 Å². The number of carbonyl (C=O) groups excluding carboxylic acids is 1. The lowest BCUT2D eigenvalue weighted by Gasteiger charge is -2.27. The first-order valence-electron chi connectivity index (χ1n) is 6.80. The second kappa shape index (κ2) is 5.42. The minimum absolute atomic E-state index is 0.0872. The van der Waals surface area contributed by atoms with Crippen molar-refractivity contribution < 1.29 is 4.79 Å². The van der Waals surface area contributed by atoms with Crippen LogP contribution in [-0.2, 0) is 11.2 Å². The zero-order valence-electron chi connectivity index (χ0n) is 11.2. The van der Waals surface area contributed by atoms with E-state index in [1.54, 1.807) is 0 Å². The van der Waals surface area contributed by atoms with Crippen molar-refractivity contribution in [2.45, 2.75) is 45.6 Å². The van der Waals surface area contributed by atoms with E-state index in [2.05, 4.69) is 11.4 Å². The van der Waals surface area contributed by atoms with Gasteiger partial charge < -0.3 is 11.1 Å². The van der Waals surface area contributed by atoms with Crippen molar-refractivity contribution in [2.24, 2.45) is 5.92 Å². The van der Waals surface area contributed by atoms with Crippen LogP contribution in [0.4, 0.5) is 5.69 Å². The molecule has 1 aliphatic carbocycles. The first kappa shape index (κ1) is 12.9. The molecular weight excluding hydrogens is 224 g/mol. The highest BCUT2D eigenvalue weighted by molar-refractivity contribution is 5.78. The van der Waals surface area contributed by atoms with Gasteiger partial charge in [-0.15, -0.1) is 0 Å². The number of hydrogen-bond donors (Lipinski definition) is 2. The summed E-state index contributed by atoms with van der Waals surface area (Å²) in [7, 11) is 0. The third-order valence-electron chi connectivity index (χ3n) is 3.86. The molecule has 0 bridgehead atoms. The maximum Gasteiger partial charge on any atom is 0.223 e.